The fraction of sp³-hybridized carbons (Fsp3) is 0.481. The van der Waals surface area contributed by atoms with Crippen LogP contribution in [0.4, 0.5) is 11.8 Å². The zero-order valence-electron chi connectivity index (χ0n) is 41.4. The zero-order valence-corrected chi connectivity index (χ0v) is 42.2. The van der Waals surface area contributed by atoms with Crippen molar-refractivity contribution in [3.63, 3.8) is 0 Å². The second-order valence-electron chi connectivity index (χ2n) is 20.3. The first-order valence-corrected chi connectivity index (χ1v) is 26.3. The third-order valence-electron chi connectivity index (χ3n) is 15.2. The van der Waals surface area contributed by atoms with Gasteiger partial charge in [0.1, 0.15) is 11.5 Å². The van der Waals surface area contributed by atoms with E-state index in [1.807, 2.05) is 28.3 Å². The van der Waals surface area contributed by atoms with Crippen molar-refractivity contribution in [1.29, 1.82) is 0 Å². The van der Waals surface area contributed by atoms with Crippen molar-refractivity contribution < 1.29 is 29.3 Å². The van der Waals surface area contributed by atoms with Crippen LogP contribution in [-0.2, 0) is 35.7 Å². The molecule has 4 fully saturated rings. The minimum atomic E-state index is -0.256. The lowest BCUT2D eigenvalue weighted by Crippen LogP contribution is -2.48. The summed E-state index contributed by atoms with van der Waals surface area (Å²) in [6.45, 7) is 14.7. The van der Waals surface area contributed by atoms with E-state index in [0.717, 1.165) is 105 Å². The van der Waals surface area contributed by atoms with Gasteiger partial charge in [0.2, 0.25) is 11.9 Å². The first kappa shape index (κ1) is 48.5. The number of aromatic nitrogens is 7. The summed E-state index contributed by atoms with van der Waals surface area (Å²) in [5.41, 5.74) is 11.9. The number of fused-ring (bicyclic) bond motifs is 2. The summed E-state index contributed by atoms with van der Waals surface area (Å²) in [6.07, 6.45) is 8.21. The molecule has 0 aliphatic carbocycles. The molecule has 0 saturated carbocycles. The van der Waals surface area contributed by atoms with Gasteiger partial charge in [0.15, 0.2) is 17.3 Å². The Balaban J connectivity index is 0.626. The summed E-state index contributed by atoms with van der Waals surface area (Å²) >= 11 is 1.71. The number of nitrogen functional groups attached to an aromatic ring is 1. The number of carbonyl (C=O) groups is 3. The summed E-state index contributed by atoms with van der Waals surface area (Å²) in [4.78, 5) is 73.1. The fourth-order valence-electron chi connectivity index (χ4n) is 11.0. The number of carbonyl (C=O) groups excluding carboxylic acids is 3. The number of likely N-dealkylation sites (tertiary alicyclic amines) is 2. The van der Waals surface area contributed by atoms with Gasteiger partial charge in [-0.05, 0) is 79.1 Å². The number of phenols is 2. The molecule has 9 heterocycles. The van der Waals surface area contributed by atoms with Crippen LogP contribution < -0.4 is 10.6 Å². The number of aromatic hydroxyl groups is 2. The molecule has 21 heteroatoms. The molecular weight excluding hydrogens is 949 g/mol. The second-order valence-corrected chi connectivity index (χ2v) is 21.5. The van der Waals surface area contributed by atoms with Crippen LogP contribution in [0.25, 0.3) is 21.6 Å². The highest BCUT2D eigenvalue weighted by atomic mass is 32.1. The van der Waals surface area contributed by atoms with Crippen LogP contribution in [0.1, 0.15) is 99.5 Å². The number of ether oxygens (including phenoxy) is 1. The number of benzene rings is 2. The molecule has 2 aromatic carbocycles. The number of hydrogen-bond acceptors (Lipinski definition) is 17. The third kappa shape index (κ3) is 10.3. The lowest BCUT2D eigenvalue weighted by Gasteiger charge is -2.37. The van der Waals surface area contributed by atoms with Crippen molar-refractivity contribution in [1.82, 2.24) is 59.4 Å². The first-order chi connectivity index (χ1) is 35.4. The predicted molar refractivity (Wildman–Crippen MR) is 274 cm³/mol. The predicted octanol–water partition coefficient (Wildman–Crippen LogP) is 4.88. The van der Waals surface area contributed by atoms with Gasteiger partial charge in [-0.15, -0.1) is 16.4 Å². The molecular formula is C52H62N14O6S. The van der Waals surface area contributed by atoms with Gasteiger partial charge in [0.25, 0.3) is 11.8 Å². The maximum atomic E-state index is 13.8. The van der Waals surface area contributed by atoms with Crippen LogP contribution in [0.3, 0.4) is 0 Å². The Labute approximate surface area is 427 Å². The standard InChI is InChI=1S/C52H62N14O6S/c1-32(2)40-23-41(45(68)24-44(40)67)50(70)65-28-35-4-3-33(21-36(35)29-65)27-60-9-5-34(6-10-60)49(69)63-11-7-38(8-12-63)66-31-43(58-59-66)51(71)64-15-13-61(14-16-64)30-39-22-42-46(73-39)48(62-17-19-72-20-18-62)57-47(56-42)37-25-54-52(53)55-26-37/h3-4,21-26,31-32,34,38,67-68H,5-20,27-30H2,1-2H3,(H2,53,54,55). The van der Waals surface area contributed by atoms with E-state index in [4.69, 9.17) is 20.4 Å². The monoisotopic (exact) mass is 1010 g/mol. The molecule has 0 bridgehead atoms. The number of amides is 3. The highest BCUT2D eigenvalue weighted by Gasteiger charge is 2.34. The Kier molecular flexibility index (Phi) is 13.7. The molecule has 4 N–H and O–H groups in total. The highest BCUT2D eigenvalue weighted by Crippen LogP contribution is 2.37. The number of morpholine rings is 1. The van der Waals surface area contributed by atoms with Gasteiger partial charge >= 0.3 is 0 Å². The van der Waals surface area contributed by atoms with Crippen LogP contribution >= 0.6 is 11.3 Å². The average molecular weight is 1010 g/mol. The molecule has 73 heavy (non-hydrogen) atoms. The van der Waals surface area contributed by atoms with Crippen molar-refractivity contribution in [2.24, 2.45) is 5.92 Å². The third-order valence-corrected chi connectivity index (χ3v) is 16.3. The van der Waals surface area contributed by atoms with Gasteiger partial charge in [-0.1, -0.05) is 37.3 Å². The van der Waals surface area contributed by atoms with E-state index in [1.54, 1.807) is 40.9 Å². The lowest BCUT2D eigenvalue weighted by molar-refractivity contribution is -0.138. The summed E-state index contributed by atoms with van der Waals surface area (Å²) in [5.74, 6) is 1.28. The summed E-state index contributed by atoms with van der Waals surface area (Å²) in [7, 11) is 0. The molecule has 6 aromatic rings. The van der Waals surface area contributed by atoms with E-state index in [0.29, 0.717) is 75.1 Å². The molecule has 5 aliphatic heterocycles. The molecule has 382 valence electrons. The molecule has 4 saturated heterocycles. The second kappa shape index (κ2) is 20.6. The topological polar surface area (TPSA) is 229 Å². The Morgan fingerprint density at radius 1 is 0.767 bits per heavy atom. The molecule has 0 radical (unpaired) electrons. The maximum absolute atomic E-state index is 13.8. The van der Waals surface area contributed by atoms with E-state index in [9.17, 15) is 24.6 Å². The normalized spacial score (nSPS) is 18.6. The van der Waals surface area contributed by atoms with Gasteiger partial charge < -0.3 is 40.3 Å². The molecule has 4 aromatic heterocycles. The van der Waals surface area contributed by atoms with Gasteiger partial charge in [-0.3, -0.25) is 24.2 Å². The number of anilines is 2. The number of piperidine rings is 2. The lowest BCUT2D eigenvalue weighted by atomic mass is 9.93. The Morgan fingerprint density at radius 3 is 2.23 bits per heavy atom. The summed E-state index contributed by atoms with van der Waals surface area (Å²) < 4.78 is 8.49. The van der Waals surface area contributed by atoms with Crippen LogP contribution in [0, 0.1) is 5.92 Å². The smallest absolute Gasteiger partial charge is 0.276 e. The van der Waals surface area contributed by atoms with Crippen molar-refractivity contribution in [2.45, 2.75) is 77.7 Å². The fourth-order valence-corrected chi connectivity index (χ4v) is 12.1. The summed E-state index contributed by atoms with van der Waals surface area (Å²) in [6, 6.07) is 11.5. The van der Waals surface area contributed by atoms with Crippen LogP contribution in [0.5, 0.6) is 11.5 Å². The molecule has 0 spiro atoms. The van der Waals surface area contributed by atoms with E-state index in [1.165, 1.54) is 16.5 Å². The van der Waals surface area contributed by atoms with Crippen LogP contribution in [0.2, 0.25) is 0 Å². The quantitative estimate of drug-likeness (QED) is 0.157. The van der Waals surface area contributed by atoms with Crippen molar-refractivity contribution in [3.05, 3.63) is 93.4 Å². The van der Waals surface area contributed by atoms with Gasteiger partial charge in [0.05, 0.1) is 46.8 Å². The minimum Gasteiger partial charge on any atom is -0.508 e. The number of nitrogens with zero attached hydrogens (tertiary/aromatic N) is 13. The maximum Gasteiger partial charge on any atom is 0.276 e. The Bertz CT molecular complexity index is 3010. The van der Waals surface area contributed by atoms with E-state index in [2.05, 4.69) is 59.2 Å². The molecule has 20 nitrogen and oxygen atoms in total. The minimum absolute atomic E-state index is 0.00360. The molecule has 5 aliphatic rings. The van der Waals surface area contributed by atoms with Gasteiger partial charge in [0, 0.05) is 108 Å². The Hall–Kier alpha value is -6.81. The molecule has 11 rings (SSSR count). The number of thiophene rings is 1. The number of hydrogen-bond donors (Lipinski definition) is 3. The SMILES string of the molecule is CC(C)c1cc(C(=O)N2Cc3ccc(CN4CCC(C(=O)N5CCC(n6cc(C(=O)N7CCN(Cc8cc9nc(-c%10cnc(N)nc%10)nc(N%10CCOCC%10)c9s8)CC7)nn6)CC5)CC4)cc3C2)c(O)cc1O. The number of nitrogens with two attached hydrogens (primary N) is 1. The molecule has 3 amide bonds. The number of phenolic OH excluding ortho intramolecular Hbond substituents is 2. The van der Waals surface area contributed by atoms with E-state index >= 15 is 0 Å². The highest BCUT2D eigenvalue weighted by molar-refractivity contribution is 7.19. The van der Waals surface area contributed by atoms with Crippen molar-refractivity contribution >= 4 is 51.0 Å². The van der Waals surface area contributed by atoms with Crippen LogP contribution in [-0.4, -0.2) is 166 Å². The zero-order chi connectivity index (χ0) is 50.3. The molecule has 0 unspecified atom stereocenters. The van der Waals surface area contributed by atoms with Crippen molar-refractivity contribution in [2.75, 3.05) is 89.3 Å². The summed E-state index contributed by atoms with van der Waals surface area (Å²) in [5, 5.41) is 29.6. The van der Waals surface area contributed by atoms with E-state index < -0.39 is 0 Å². The number of piperazine rings is 1. The van der Waals surface area contributed by atoms with Gasteiger partial charge in [-0.25, -0.2) is 24.6 Å². The van der Waals surface area contributed by atoms with Crippen LogP contribution in [0.15, 0.2) is 55.0 Å². The van der Waals surface area contributed by atoms with E-state index in [-0.39, 0.29) is 58.6 Å². The van der Waals surface area contributed by atoms with Crippen molar-refractivity contribution in [3.8, 4) is 22.9 Å². The number of rotatable bonds is 11. The first-order valence-electron chi connectivity index (χ1n) is 25.5. The van der Waals surface area contributed by atoms with Gasteiger partial charge in [-0.2, -0.15) is 0 Å². The Morgan fingerprint density at radius 2 is 1.49 bits per heavy atom. The molecule has 0 atom stereocenters. The largest absolute Gasteiger partial charge is 0.508 e. The average Bonchev–Trinajstić information content (AvgIpc) is 4.18.